The summed E-state index contributed by atoms with van der Waals surface area (Å²) in [5, 5.41) is 8.63. The van der Waals surface area contributed by atoms with E-state index < -0.39 is 21.0 Å². The molecule has 5 nitrogen and oxygen atoms in total. The summed E-state index contributed by atoms with van der Waals surface area (Å²) in [5.41, 5.74) is -0.275. The fourth-order valence-corrected chi connectivity index (χ4v) is 1.59. The fraction of sp³-hybridized carbons (Fsp3) is 0. The third-order valence-electron chi connectivity index (χ3n) is 1.50. The molecule has 0 atom stereocenters. The molecule has 1 rings (SSSR count). The van der Waals surface area contributed by atoms with E-state index in [1.807, 2.05) is 0 Å². The van der Waals surface area contributed by atoms with Crippen molar-refractivity contribution in [2.75, 3.05) is 0 Å². The van der Waals surface area contributed by atoms with E-state index in [1.54, 1.807) is 0 Å². The van der Waals surface area contributed by atoms with Crippen LogP contribution in [0.15, 0.2) is 28.0 Å². The van der Waals surface area contributed by atoms with Gasteiger partial charge in [-0.3, -0.25) is 4.55 Å². The fourth-order valence-electron chi connectivity index (χ4n) is 0.847. The molecule has 0 heterocycles. The molecule has 0 radical (unpaired) electrons. The lowest BCUT2D eigenvalue weighted by Crippen LogP contribution is -2.03. The predicted octanol–water partition coefficient (Wildman–Crippen LogP) is 0.920. The van der Waals surface area contributed by atoms with Crippen LogP contribution in [0.25, 0.3) is 0 Å². The zero-order valence-electron chi connectivity index (χ0n) is 6.71. The Morgan fingerprint density at radius 3 is 2.36 bits per heavy atom. The molecule has 0 unspecified atom stereocenters. The highest BCUT2D eigenvalue weighted by atomic mass is 32.2. The van der Waals surface area contributed by atoms with Gasteiger partial charge in [-0.1, -0.05) is 0 Å². The minimum Gasteiger partial charge on any atom is -0.478 e. The van der Waals surface area contributed by atoms with Gasteiger partial charge in [0, 0.05) is 4.90 Å². The van der Waals surface area contributed by atoms with E-state index in [0.29, 0.717) is 0 Å². The number of benzene rings is 1. The molecule has 0 aliphatic heterocycles. The smallest absolute Gasteiger partial charge is 0.336 e. The highest BCUT2D eigenvalue weighted by Gasteiger charge is 2.14. The number of hydrogen-bond donors (Lipinski definition) is 3. The third kappa shape index (κ3) is 2.25. The largest absolute Gasteiger partial charge is 0.478 e. The summed E-state index contributed by atoms with van der Waals surface area (Å²) in [4.78, 5) is 10.2. The topological polar surface area (TPSA) is 91.7 Å². The van der Waals surface area contributed by atoms with Crippen LogP contribution >= 0.6 is 12.6 Å². The molecule has 1 aromatic rings. The Kier molecular flexibility index (Phi) is 2.84. The lowest BCUT2D eigenvalue weighted by molar-refractivity contribution is 0.0693. The Balaban J connectivity index is 3.42. The summed E-state index contributed by atoms with van der Waals surface area (Å²) < 4.78 is 30.0. The molecule has 0 fully saturated rings. The molecule has 7 heteroatoms. The number of hydrogen-bond acceptors (Lipinski definition) is 4. The SMILES string of the molecule is O=C(O)c1cc(S(=O)(=O)O)ccc1S. The zero-order valence-corrected chi connectivity index (χ0v) is 8.42. The number of carboxylic acids is 1. The van der Waals surface area contributed by atoms with E-state index in [4.69, 9.17) is 9.66 Å². The van der Waals surface area contributed by atoms with Crippen LogP contribution in [-0.4, -0.2) is 24.0 Å². The van der Waals surface area contributed by atoms with Gasteiger partial charge in [0.1, 0.15) is 0 Å². The van der Waals surface area contributed by atoms with Gasteiger partial charge in [0.05, 0.1) is 10.5 Å². The van der Waals surface area contributed by atoms with Crippen molar-refractivity contribution in [1.82, 2.24) is 0 Å². The van der Waals surface area contributed by atoms with Gasteiger partial charge in [0.25, 0.3) is 10.1 Å². The summed E-state index contributed by atoms with van der Waals surface area (Å²) in [6.45, 7) is 0. The van der Waals surface area contributed by atoms with Gasteiger partial charge < -0.3 is 5.11 Å². The van der Waals surface area contributed by atoms with Crippen molar-refractivity contribution in [2.45, 2.75) is 9.79 Å². The molecule has 0 amide bonds. The summed E-state index contributed by atoms with van der Waals surface area (Å²) >= 11 is 3.82. The van der Waals surface area contributed by atoms with Gasteiger partial charge in [0.15, 0.2) is 0 Å². The summed E-state index contributed by atoms with van der Waals surface area (Å²) in [6, 6.07) is 3.11. The Hall–Kier alpha value is -1.05. The summed E-state index contributed by atoms with van der Waals surface area (Å²) in [6.07, 6.45) is 0. The minimum absolute atomic E-state index is 0.130. The van der Waals surface area contributed by atoms with Crippen LogP contribution in [0.3, 0.4) is 0 Å². The second-order valence-corrected chi connectivity index (χ2v) is 4.36. The van der Waals surface area contributed by atoms with Gasteiger partial charge in [-0.2, -0.15) is 8.42 Å². The second-order valence-electron chi connectivity index (χ2n) is 2.46. The van der Waals surface area contributed by atoms with Gasteiger partial charge in [0.2, 0.25) is 0 Å². The van der Waals surface area contributed by atoms with Crippen LogP contribution in [0.2, 0.25) is 0 Å². The number of carboxylic acid groups (broad SMARTS) is 1. The van der Waals surface area contributed by atoms with E-state index >= 15 is 0 Å². The van der Waals surface area contributed by atoms with E-state index in [0.717, 1.165) is 12.1 Å². The first-order valence-corrected chi connectivity index (χ1v) is 5.25. The average Bonchev–Trinajstić information content (AvgIpc) is 2.02. The maximum atomic E-state index is 10.7. The zero-order chi connectivity index (χ0) is 10.9. The molecule has 76 valence electrons. The Morgan fingerprint density at radius 2 is 1.93 bits per heavy atom. The summed E-state index contributed by atoms with van der Waals surface area (Å²) in [7, 11) is -4.37. The summed E-state index contributed by atoms with van der Waals surface area (Å²) in [5.74, 6) is -1.31. The van der Waals surface area contributed by atoms with Crippen LogP contribution in [0, 0.1) is 0 Å². The number of rotatable bonds is 2. The van der Waals surface area contributed by atoms with E-state index in [1.165, 1.54) is 6.07 Å². The minimum atomic E-state index is -4.37. The van der Waals surface area contributed by atoms with Crippen LogP contribution < -0.4 is 0 Å². The van der Waals surface area contributed by atoms with Crippen molar-refractivity contribution in [1.29, 1.82) is 0 Å². The Labute approximate surface area is 85.5 Å². The molecular formula is C7H6O5S2. The maximum absolute atomic E-state index is 10.7. The first-order valence-electron chi connectivity index (χ1n) is 3.36. The maximum Gasteiger partial charge on any atom is 0.336 e. The molecule has 14 heavy (non-hydrogen) atoms. The van der Waals surface area contributed by atoms with E-state index in [9.17, 15) is 13.2 Å². The van der Waals surface area contributed by atoms with Crippen LogP contribution in [0.4, 0.5) is 0 Å². The Bertz CT molecular complexity index is 477. The molecule has 0 aromatic heterocycles. The van der Waals surface area contributed by atoms with Gasteiger partial charge in [-0.15, -0.1) is 12.6 Å². The molecule has 1 aromatic carbocycles. The molecule has 0 saturated carbocycles. The van der Waals surface area contributed by atoms with E-state index in [-0.39, 0.29) is 10.5 Å². The molecular weight excluding hydrogens is 228 g/mol. The molecule has 0 aliphatic carbocycles. The number of aromatic carboxylic acids is 1. The van der Waals surface area contributed by atoms with Crippen LogP contribution in [0.1, 0.15) is 10.4 Å². The lowest BCUT2D eigenvalue weighted by atomic mass is 10.2. The molecule has 0 aliphatic rings. The van der Waals surface area contributed by atoms with Crippen LogP contribution in [0.5, 0.6) is 0 Å². The van der Waals surface area contributed by atoms with Crippen molar-refractivity contribution in [3.63, 3.8) is 0 Å². The standard InChI is InChI=1S/C7H6O5S2/c8-7(9)5-3-4(14(10,11)12)1-2-6(5)13/h1-3,13H,(H,8,9)(H,10,11,12). The highest BCUT2D eigenvalue weighted by molar-refractivity contribution is 7.85. The first kappa shape index (κ1) is 11.0. The van der Waals surface area contributed by atoms with Gasteiger partial charge in [-0.25, -0.2) is 4.79 Å². The number of thiol groups is 1. The molecule has 2 N–H and O–H groups in total. The highest BCUT2D eigenvalue weighted by Crippen LogP contribution is 2.18. The van der Waals surface area contributed by atoms with Crippen molar-refractivity contribution >= 4 is 28.7 Å². The third-order valence-corrected chi connectivity index (χ3v) is 2.74. The quantitative estimate of drug-likeness (QED) is 0.522. The monoisotopic (exact) mass is 234 g/mol. The Morgan fingerprint density at radius 1 is 1.36 bits per heavy atom. The van der Waals surface area contributed by atoms with Gasteiger partial charge >= 0.3 is 5.97 Å². The number of carbonyl (C=O) groups is 1. The van der Waals surface area contributed by atoms with Crippen molar-refractivity contribution in [3.05, 3.63) is 23.8 Å². The molecule has 0 bridgehead atoms. The lowest BCUT2D eigenvalue weighted by Gasteiger charge is -2.01. The normalized spacial score (nSPS) is 11.3. The van der Waals surface area contributed by atoms with Crippen LogP contribution in [-0.2, 0) is 10.1 Å². The second kappa shape index (κ2) is 3.60. The first-order chi connectivity index (χ1) is 6.32. The predicted molar refractivity (Wildman–Crippen MR) is 50.5 cm³/mol. The van der Waals surface area contributed by atoms with Crippen molar-refractivity contribution in [2.24, 2.45) is 0 Å². The molecule has 0 spiro atoms. The van der Waals surface area contributed by atoms with Gasteiger partial charge in [-0.05, 0) is 18.2 Å². The van der Waals surface area contributed by atoms with E-state index in [2.05, 4.69) is 12.6 Å². The van der Waals surface area contributed by atoms with Crippen molar-refractivity contribution in [3.8, 4) is 0 Å². The van der Waals surface area contributed by atoms with Crippen molar-refractivity contribution < 1.29 is 22.9 Å². The molecule has 0 saturated heterocycles. The average molecular weight is 234 g/mol.